The zero-order valence-corrected chi connectivity index (χ0v) is 11.1. The van der Waals surface area contributed by atoms with Crippen LogP contribution in [0.5, 0.6) is 0 Å². The van der Waals surface area contributed by atoms with Crippen LogP contribution < -0.4 is 10.0 Å². The highest BCUT2D eigenvalue weighted by Gasteiger charge is 2.24. The van der Waals surface area contributed by atoms with Gasteiger partial charge in [0.1, 0.15) is 0 Å². The Hall–Kier alpha value is -0.130. The first kappa shape index (κ1) is 13.9. The maximum Gasteiger partial charge on any atom is 0.213 e. The third kappa shape index (κ3) is 4.80. The van der Waals surface area contributed by atoms with Crippen LogP contribution in [-0.2, 0) is 10.0 Å². The lowest BCUT2D eigenvalue weighted by molar-refractivity contribution is 0.301. The van der Waals surface area contributed by atoms with Crippen molar-refractivity contribution in [2.75, 3.05) is 19.3 Å². The predicted molar refractivity (Wildman–Crippen MR) is 66.9 cm³/mol. The topological polar surface area (TPSA) is 58.2 Å². The number of hydrogen-bond acceptors (Lipinski definition) is 3. The van der Waals surface area contributed by atoms with Crippen molar-refractivity contribution in [2.45, 2.75) is 45.1 Å². The summed E-state index contributed by atoms with van der Waals surface area (Å²) in [7, 11) is -1.32. The molecule has 0 saturated heterocycles. The molecule has 1 saturated carbocycles. The van der Waals surface area contributed by atoms with E-state index in [0.29, 0.717) is 12.5 Å². The minimum atomic E-state index is -3.09. The summed E-state index contributed by atoms with van der Waals surface area (Å²) in [6.07, 6.45) is 5.57. The summed E-state index contributed by atoms with van der Waals surface area (Å²) in [5, 5.41) is 2.86. The van der Waals surface area contributed by atoms with E-state index in [1.54, 1.807) is 7.05 Å². The molecule has 0 aromatic heterocycles. The van der Waals surface area contributed by atoms with Crippen molar-refractivity contribution in [1.29, 1.82) is 0 Å². The molecule has 0 aromatic rings. The Morgan fingerprint density at radius 3 is 2.69 bits per heavy atom. The van der Waals surface area contributed by atoms with Crippen LogP contribution in [0.1, 0.15) is 39.0 Å². The van der Waals surface area contributed by atoms with E-state index in [9.17, 15) is 8.42 Å². The van der Waals surface area contributed by atoms with E-state index in [1.807, 2.05) is 0 Å². The third-order valence-electron chi connectivity index (χ3n) is 3.33. The number of nitrogens with one attached hydrogen (secondary N) is 2. The lowest BCUT2D eigenvalue weighted by Crippen LogP contribution is -2.40. The molecule has 2 N–H and O–H groups in total. The van der Waals surface area contributed by atoms with Gasteiger partial charge in [0.05, 0.1) is 5.75 Å². The van der Waals surface area contributed by atoms with Gasteiger partial charge in [-0.1, -0.05) is 26.2 Å². The smallest absolute Gasteiger partial charge is 0.213 e. The maximum atomic E-state index is 11.7. The first-order valence-corrected chi connectivity index (χ1v) is 7.87. The van der Waals surface area contributed by atoms with Crippen LogP contribution in [0.4, 0.5) is 0 Å². The minimum Gasteiger partial charge on any atom is -0.319 e. The van der Waals surface area contributed by atoms with E-state index in [4.69, 9.17) is 0 Å². The Morgan fingerprint density at radius 1 is 1.31 bits per heavy atom. The zero-order chi connectivity index (χ0) is 12.0. The van der Waals surface area contributed by atoms with Gasteiger partial charge in [-0.2, -0.15) is 0 Å². The van der Waals surface area contributed by atoms with Crippen LogP contribution in [0, 0.1) is 5.92 Å². The van der Waals surface area contributed by atoms with Crippen molar-refractivity contribution in [3.8, 4) is 0 Å². The molecule has 0 aromatic carbocycles. The van der Waals surface area contributed by atoms with Crippen LogP contribution in [0.15, 0.2) is 0 Å². The summed E-state index contributed by atoms with van der Waals surface area (Å²) in [4.78, 5) is 0. The van der Waals surface area contributed by atoms with Gasteiger partial charge >= 0.3 is 0 Å². The second-order valence-electron chi connectivity index (χ2n) is 4.68. The number of hydrogen-bond donors (Lipinski definition) is 2. The summed E-state index contributed by atoms with van der Waals surface area (Å²) >= 11 is 0. The Labute approximate surface area is 99.2 Å². The molecule has 1 fully saturated rings. The molecular formula is C11H24N2O2S. The van der Waals surface area contributed by atoms with E-state index in [0.717, 1.165) is 25.7 Å². The number of sulfonamides is 1. The molecule has 2 unspecified atom stereocenters. The maximum absolute atomic E-state index is 11.7. The molecule has 1 aliphatic rings. The molecule has 0 amide bonds. The summed E-state index contributed by atoms with van der Waals surface area (Å²) in [6, 6.07) is 0.167. The van der Waals surface area contributed by atoms with Gasteiger partial charge in [-0.15, -0.1) is 0 Å². The summed E-state index contributed by atoms with van der Waals surface area (Å²) in [5.41, 5.74) is 0. The highest BCUT2D eigenvalue weighted by Crippen LogP contribution is 2.26. The molecule has 5 heteroatoms. The van der Waals surface area contributed by atoms with Crippen molar-refractivity contribution >= 4 is 10.0 Å². The van der Waals surface area contributed by atoms with Crippen LogP contribution >= 0.6 is 0 Å². The van der Waals surface area contributed by atoms with Gasteiger partial charge in [-0.25, -0.2) is 13.1 Å². The first-order chi connectivity index (χ1) is 7.57. The molecule has 0 spiro atoms. The Balaban J connectivity index is 2.40. The second-order valence-corrected chi connectivity index (χ2v) is 6.55. The average Bonchev–Trinajstić information content (AvgIpc) is 2.26. The van der Waals surface area contributed by atoms with Crippen molar-refractivity contribution in [2.24, 2.45) is 5.92 Å². The minimum absolute atomic E-state index is 0.167. The summed E-state index contributed by atoms with van der Waals surface area (Å²) < 4.78 is 26.2. The Bertz CT molecular complexity index is 290. The number of rotatable bonds is 6. The molecule has 0 bridgehead atoms. The van der Waals surface area contributed by atoms with Gasteiger partial charge in [0.15, 0.2) is 0 Å². The molecule has 2 atom stereocenters. The van der Waals surface area contributed by atoms with Gasteiger partial charge in [-0.3, -0.25) is 0 Å². The van der Waals surface area contributed by atoms with E-state index < -0.39 is 10.0 Å². The first-order valence-electron chi connectivity index (χ1n) is 6.22. The lowest BCUT2D eigenvalue weighted by Gasteiger charge is -2.28. The van der Waals surface area contributed by atoms with Crippen molar-refractivity contribution in [1.82, 2.24) is 10.0 Å². The van der Waals surface area contributed by atoms with E-state index in [-0.39, 0.29) is 11.8 Å². The molecule has 96 valence electrons. The van der Waals surface area contributed by atoms with Gasteiger partial charge in [-0.05, 0) is 25.8 Å². The van der Waals surface area contributed by atoms with E-state index in [2.05, 4.69) is 17.0 Å². The van der Waals surface area contributed by atoms with Gasteiger partial charge < -0.3 is 5.32 Å². The highest BCUT2D eigenvalue weighted by molar-refractivity contribution is 7.89. The lowest BCUT2D eigenvalue weighted by atomic mass is 9.85. The quantitative estimate of drug-likeness (QED) is 0.740. The summed E-state index contributed by atoms with van der Waals surface area (Å²) in [6.45, 7) is 2.70. The molecule has 0 radical (unpaired) electrons. The molecule has 16 heavy (non-hydrogen) atoms. The largest absolute Gasteiger partial charge is 0.319 e. The van der Waals surface area contributed by atoms with Gasteiger partial charge in [0, 0.05) is 12.6 Å². The molecule has 4 nitrogen and oxygen atoms in total. The van der Waals surface area contributed by atoms with Crippen LogP contribution in [0.25, 0.3) is 0 Å². The Kier molecular flexibility index (Phi) is 5.72. The van der Waals surface area contributed by atoms with E-state index in [1.165, 1.54) is 6.42 Å². The average molecular weight is 248 g/mol. The van der Waals surface area contributed by atoms with Gasteiger partial charge in [0.25, 0.3) is 0 Å². The van der Waals surface area contributed by atoms with Crippen LogP contribution in [0.3, 0.4) is 0 Å². The Morgan fingerprint density at radius 2 is 2.06 bits per heavy atom. The normalized spacial score (nSPS) is 26.9. The highest BCUT2D eigenvalue weighted by atomic mass is 32.2. The SMILES string of the molecule is CCC1CCCC(NS(=O)(=O)CCNC)C1. The molecule has 0 aliphatic heterocycles. The van der Waals surface area contributed by atoms with Crippen LogP contribution in [-0.4, -0.2) is 33.8 Å². The molecule has 1 aliphatic carbocycles. The fourth-order valence-corrected chi connectivity index (χ4v) is 3.63. The van der Waals surface area contributed by atoms with Crippen molar-refractivity contribution in [3.05, 3.63) is 0 Å². The van der Waals surface area contributed by atoms with Crippen molar-refractivity contribution in [3.63, 3.8) is 0 Å². The van der Waals surface area contributed by atoms with Gasteiger partial charge in [0.2, 0.25) is 10.0 Å². The molecule has 0 heterocycles. The zero-order valence-electron chi connectivity index (χ0n) is 10.3. The van der Waals surface area contributed by atoms with E-state index >= 15 is 0 Å². The fraction of sp³-hybridized carbons (Fsp3) is 1.00. The second kappa shape index (κ2) is 6.57. The third-order valence-corrected chi connectivity index (χ3v) is 4.76. The molecule has 1 rings (SSSR count). The molecular weight excluding hydrogens is 224 g/mol. The standard InChI is InChI=1S/C11H24N2O2S/c1-3-10-5-4-6-11(9-10)13-16(14,15)8-7-12-2/h10-13H,3-9H2,1-2H3. The van der Waals surface area contributed by atoms with Crippen molar-refractivity contribution < 1.29 is 8.42 Å². The summed E-state index contributed by atoms with van der Waals surface area (Å²) in [5.74, 6) is 0.877. The predicted octanol–water partition coefficient (Wildman–Crippen LogP) is 1.09. The fourth-order valence-electron chi connectivity index (χ4n) is 2.32. The van der Waals surface area contributed by atoms with Crippen LogP contribution in [0.2, 0.25) is 0 Å². The monoisotopic (exact) mass is 248 g/mol.